The summed E-state index contributed by atoms with van der Waals surface area (Å²) in [5.74, 6) is 0.903. The van der Waals surface area contributed by atoms with Crippen molar-refractivity contribution in [1.82, 2.24) is 7.76 Å². The Morgan fingerprint density at radius 1 is 1.43 bits per heavy atom. The topological polar surface area (TPSA) is 27.1 Å². The van der Waals surface area contributed by atoms with Crippen LogP contribution in [0.4, 0.5) is 0 Å². The summed E-state index contributed by atoms with van der Waals surface area (Å²) in [6, 6.07) is 3.92. The molecule has 0 unspecified atom stereocenters. The van der Waals surface area contributed by atoms with Crippen molar-refractivity contribution in [3.63, 3.8) is 0 Å². The molecule has 14 heavy (non-hydrogen) atoms. The number of halogens is 1. The van der Waals surface area contributed by atoms with E-state index in [0.29, 0.717) is 0 Å². The fourth-order valence-electron chi connectivity index (χ4n) is 1.34. The lowest BCUT2D eigenvalue weighted by Gasteiger charge is -2.09. The monoisotopic (exact) mass is 302 g/mol. The zero-order valence-corrected chi connectivity index (χ0v) is 10.2. The van der Waals surface area contributed by atoms with Gasteiger partial charge in [-0.05, 0) is 26.0 Å². The van der Waals surface area contributed by atoms with Gasteiger partial charge in [0.1, 0.15) is 5.75 Å². The molecule has 0 amide bonds. The van der Waals surface area contributed by atoms with Crippen molar-refractivity contribution in [2.24, 2.45) is 0 Å². The first-order valence-electron chi connectivity index (χ1n) is 4.47. The predicted octanol–water partition coefficient (Wildman–Crippen LogP) is 3.02. The normalized spacial score (nSPS) is 11.1. The summed E-state index contributed by atoms with van der Waals surface area (Å²) < 4.78 is 7.64. The molecule has 2 rings (SSSR count). The third kappa shape index (κ3) is 1.70. The summed E-state index contributed by atoms with van der Waals surface area (Å²) in [6.45, 7) is 4.04. The van der Waals surface area contributed by atoms with Gasteiger partial charge in [0.15, 0.2) is 5.65 Å². The van der Waals surface area contributed by atoms with Crippen molar-refractivity contribution in [3.05, 3.63) is 24.5 Å². The van der Waals surface area contributed by atoms with Gasteiger partial charge in [0.25, 0.3) is 0 Å². The SMILES string of the molecule is CC(C)Oc1ccnc2c1ccn2I. The minimum absolute atomic E-state index is 0.193. The highest BCUT2D eigenvalue weighted by molar-refractivity contribution is 14.1. The molecular formula is C10H11IN2O. The Morgan fingerprint density at radius 2 is 2.21 bits per heavy atom. The van der Waals surface area contributed by atoms with Gasteiger partial charge in [-0.3, -0.25) is 2.78 Å². The zero-order chi connectivity index (χ0) is 10.1. The minimum Gasteiger partial charge on any atom is -0.490 e. The summed E-state index contributed by atoms with van der Waals surface area (Å²) in [4.78, 5) is 4.28. The fourth-order valence-corrected chi connectivity index (χ4v) is 1.88. The lowest BCUT2D eigenvalue weighted by Crippen LogP contribution is -2.05. The molecule has 0 aliphatic rings. The van der Waals surface area contributed by atoms with E-state index in [0.717, 1.165) is 16.8 Å². The molecule has 0 atom stereocenters. The Balaban J connectivity index is 2.54. The van der Waals surface area contributed by atoms with Crippen molar-refractivity contribution < 1.29 is 4.74 Å². The van der Waals surface area contributed by atoms with Gasteiger partial charge >= 0.3 is 0 Å². The maximum Gasteiger partial charge on any atom is 0.152 e. The summed E-state index contributed by atoms with van der Waals surface area (Å²) >= 11 is 2.20. The van der Waals surface area contributed by atoms with Crippen molar-refractivity contribution >= 4 is 33.9 Å². The third-order valence-electron chi connectivity index (χ3n) is 1.87. The summed E-state index contributed by atoms with van der Waals surface area (Å²) in [5, 5.41) is 1.07. The van der Waals surface area contributed by atoms with E-state index in [1.165, 1.54) is 0 Å². The van der Waals surface area contributed by atoms with Crippen molar-refractivity contribution in [2.45, 2.75) is 20.0 Å². The molecule has 2 aromatic heterocycles. The van der Waals surface area contributed by atoms with Crippen LogP contribution in [0.25, 0.3) is 11.0 Å². The van der Waals surface area contributed by atoms with Crippen LogP contribution in [0.2, 0.25) is 0 Å². The molecule has 0 saturated heterocycles. The molecule has 0 saturated carbocycles. The summed E-state index contributed by atoms with van der Waals surface area (Å²) in [5.41, 5.74) is 0.948. The van der Waals surface area contributed by atoms with Crippen LogP contribution < -0.4 is 4.74 Å². The van der Waals surface area contributed by atoms with Crippen LogP contribution in [0.5, 0.6) is 5.75 Å². The molecule has 0 radical (unpaired) electrons. The lowest BCUT2D eigenvalue weighted by molar-refractivity contribution is 0.245. The number of rotatable bonds is 2. The standard InChI is InChI=1S/C10H11IN2O/c1-7(2)14-9-3-5-12-10-8(9)4-6-13(10)11/h3-7H,1-2H3. The first-order valence-corrected chi connectivity index (χ1v) is 5.44. The fraction of sp³-hybridized carbons (Fsp3) is 0.300. The van der Waals surface area contributed by atoms with Crippen LogP contribution >= 0.6 is 22.9 Å². The molecule has 0 spiro atoms. The van der Waals surface area contributed by atoms with Gasteiger partial charge in [0.2, 0.25) is 0 Å². The van der Waals surface area contributed by atoms with E-state index in [2.05, 4.69) is 27.8 Å². The van der Waals surface area contributed by atoms with Gasteiger partial charge in [-0.2, -0.15) is 0 Å². The van der Waals surface area contributed by atoms with Gasteiger partial charge in [-0.1, -0.05) is 0 Å². The van der Waals surface area contributed by atoms with Gasteiger partial charge in [-0.25, -0.2) is 4.98 Å². The highest BCUT2D eigenvalue weighted by atomic mass is 127. The van der Waals surface area contributed by atoms with E-state index in [9.17, 15) is 0 Å². The van der Waals surface area contributed by atoms with Crippen molar-refractivity contribution in [2.75, 3.05) is 0 Å². The lowest BCUT2D eigenvalue weighted by atomic mass is 10.3. The van der Waals surface area contributed by atoms with Crippen LogP contribution in [0, 0.1) is 0 Å². The molecule has 0 N–H and O–H groups in total. The molecule has 2 heterocycles. The smallest absolute Gasteiger partial charge is 0.152 e. The third-order valence-corrected chi connectivity index (χ3v) is 2.64. The van der Waals surface area contributed by atoms with Gasteiger partial charge < -0.3 is 4.74 Å². The van der Waals surface area contributed by atoms with Crippen molar-refractivity contribution in [3.8, 4) is 5.75 Å². The largest absolute Gasteiger partial charge is 0.490 e. The second kappa shape index (κ2) is 3.76. The number of pyridine rings is 1. The van der Waals surface area contributed by atoms with E-state index in [4.69, 9.17) is 4.74 Å². The second-order valence-electron chi connectivity index (χ2n) is 3.34. The Kier molecular flexibility index (Phi) is 2.62. The molecule has 2 aromatic rings. The molecule has 0 aliphatic carbocycles. The van der Waals surface area contributed by atoms with E-state index in [1.807, 2.05) is 35.0 Å². The first-order chi connectivity index (χ1) is 6.68. The van der Waals surface area contributed by atoms with E-state index in [1.54, 1.807) is 6.20 Å². The number of fused-ring (bicyclic) bond motifs is 1. The zero-order valence-electron chi connectivity index (χ0n) is 8.07. The van der Waals surface area contributed by atoms with E-state index < -0.39 is 0 Å². The highest BCUT2D eigenvalue weighted by Crippen LogP contribution is 2.26. The second-order valence-corrected chi connectivity index (χ2v) is 4.38. The average molecular weight is 302 g/mol. The summed E-state index contributed by atoms with van der Waals surface area (Å²) in [7, 11) is 0. The Morgan fingerprint density at radius 3 is 2.93 bits per heavy atom. The first kappa shape index (κ1) is 9.76. The predicted molar refractivity (Wildman–Crippen MR) is 64.9 cm³/mol. The molecule has 4 heteroatoms. The molecule has 74 valence electrons. The van der Waals surface area contributed by atoms with Crippen LogP contribution in [0.15, 0.2) is 24.5 Å². The van der Waals surface area contributed by atoms with E-state index >= 15 is 0 Å². The number of ether oxygens (including phenoxy) is 1. The molecule has 0 aromatic carbocycles. The number of aromatic nitrogens is 2. The summed E-state index contributed by atoms with van der Waals surface area (Å²) in [6.07, 6.45) is 3.94. The quantitative estimate of drug-likeness (QED) is 0.797. The van der Waals surface area contributed by atoms with Gasteiger partial charge in [0.05, 0.1) is 34.4 Å². The highest BCUT2D eigenvalue weighted by Gasteiger charge is 2.07. The number of hydrogen-bond donors (Lipinski definition) is 0. The number of nitrogens with zero attached hydrogens (tertiary/aromatic N) is 2. The molecule has 3 nitrogen and oxygen atoms in total. The molecular weight excluding hydrogens is 291 g/mol. The van der Waals surface area contributed by atoms with E-state index in [-0.39, 0.29) is 6.10 Å². The van der Waals surface area contributed by atoms with Gasteiger partial charge in [-0.15, -0.1) is 0 Å². The average Bonchev–Trinajstić information content (AvgIpc) is 2.49. The maximum absolute atomic E-state index is 5.68. The molecule has 0 aliphatic heterocycles. The maximum atomic E-state index is 5.68. The number of hydrogen-bond acceptors (Lipinski definition) is 2. The van der Waals surface area contributed by atoms with Crippen LogP contribution in [-0.2, 0) is 0 Å². The molecule has 0 fully saturated rings. The Labute approximate surface area is 96.6 Å². The molecule has 0 bridgehead atoms. The van der Waals surface area contributed by atoms with Crippen LogP contribution in [0.3, 0.4) is 0 Å². The Hall–Kier alpha value is -0.780. The minimum atomic E-state index is 0.193. The van der Waals surface area contributed by atoms with Crippen LogP contribution in [0.1, 0.15) is 13.8 Å². The Bertz CT molecular complexity index is 450. The van der Waals surface area contributed by atoms with Gasteiger partial charge in [0, 0.05) is 12.4 Å². The van der Waals surface area contributed by atoms with Crippen molar-refractivity contribution in [1.29, 1.82) is 0 Å². The van der Waals surface area contributed by atoms with Crippen LogP contribution in [-0.4, -0.2) is 13.9 Å².